The zero-order valence-corrected chi connectivity index (χ0v) is 17.7. The summed E-state index contributed by atoms with van der Waals surface area (Å²) in [6.07, 6.45) is 0. The monoisotopic (exact) mass is 411 g/mol. The maximum Gasteiger partial charge on any atom is 0.259 e. The van der Waals surface area contributed by atoms with Crippen molar-refractivity contribution >= 4 is 40.3 Å². The molecule has 7 heteroatoms. The number of morpholine rings is 1. The van der Waals surface area contributed by atoms with Crippen molar-refractivity contribution in [2.45, 2.75) is 19.4 Å². The van der Waals surface area contributed by atoms with Gasteiger partial charge in [-0.25, -0.2) is 0 Å². The molecule has 0 saturated carbocycles. The number of hydrogen-bond donors (Lipinski definition) is 0. The molecule has 0 spiro atoms. The van der Waals surface area contributed by atoms with Crippen molar-refractivity contribution in [1.29, 1.82) is 0 Å². The van der Waals surface area contributed by atoms with Crippen LogP contribution in [0, 0.1) is 0 Å². The minimum Gasteiger partial charge on any atom is -0.497 e. The second-order valence-electron chi connectivity index (χ2n) is 7.63. The van der Waals surface area contributed by atoms with Gasteiger partial charge in [0.05, 0.1) is 26.0 Å². The Balaban J connectivity index is 1.62. The molecular formula is C22H25N3O3S. The summed E-state index contributed by atoms with van der Waals surface area (Å²) < 4.78 is 10.6. The van der Waals surface area contributed by atoms with Gasteiger partial charge in [-0.2, -0.15) is 0 Å². The van der Waals surface area contributed by atoms with Crippen LogP contribution in [0.25, 0.3) is 0 Å². The summed E-state index contributed by atoms with van der Waals surface area (Å²) in [6, 6.07) is 15.6. The number of carbonyl (C=O) groups excluding carboxylic acids is 1. The van der Waals surface area contributed by atoms with E-state index in [1.807, 2.05) is 55.1 Å². The summed E-state index contributed by atoms with van der Waals surface area (Å²) in [5.41, 5.74) is 2.01. The second kappa shape index (κ2) is 7.65. The Hall–Kier alpha value is -2.64. The van der Waals surface area contributed by atoms with Crippen LogP contribution in [0.5, 0.6) is 5.75 Å². The molecule has 0 radical (unpaired) electrons. The molecule has 1 amide bonds. The lowest BCUT2D eigenvalue weighted by atomic mass is 10.0. The highest BCUT2D eigenvalue weighted by Crippen LogP contribution is 2.37. The van der Waals surface area contributed by atoms with Crippen molar-refractivity contribution in [2.24, 2.45) is 0 Å². The van der Waals surface area contributed by atoms with Gasteiger partial charge in [-0.15, -0.1) is 0 Å². The summed E-state index contributed by atoms with van der Waals surface area (Å²) in [6.45, 7) is 7.07. The Morgan fingerprint density at radius 2 is 1.48 bits per heavy atom. The van der Waals surface area contributed by atoms with Crippen LogP contribution in [-0.2, 0) is 9.53 Å². The van der Waals surface area contributed by atoms with Crippen LogP contribution in [0.4, 0.5) is 17.1 Å². The van der Waals surface area contributed by atoms with E-state index in [1.165, 1.54) is 0 Å². The Morgan fingerprint density at radius 3 is 2.07 bits per heavy atom. The van der Waals surface area contributed by atoms with E-state index in [4.69, 9.17) is 21.7 Å². The topological polar surface area (TPSA) is 45.2 Å². The summed E-state index contributed by atoms with van der Waals surface area (Å²) in [5, 5.41) is 0.476. The molecule has 6 nitrogen and oxygen atoms in total. The van der Waals surface area contributed by atoms with E-state index in [0.717, 1.165) is 49.1 Å². The van der Waals surface area contributed by atoms with Crippen molar-refractivity contribution < 1.29 is 14.3 Å². The first-order valence-electron chi connectivity index (χ1n) is 9.69. The lowest BCUT2D eigenvalue weighted by Gasteiger charge is -2.31. The summed E-state index contributed by atoms with van der Waals surface area (Å²) >= 11 is 5.74. The predicted octanol–water partition coefficient (Wildman–Crippen LogP) is 3.45. The largest absolute Gasteiger partial charge is 0.497 e. The fourth-order valence-corrected chi connectivity index (χ4v) is 4.34. The number of anilines is 3. The number of nitrogens with zero attached hydrogens (tertiary/aromatic N) is 3. The zero-order chi connectivity index (χ0) is 20.6. The Labute approximate surface area is 176 Å². The van der Waals surface area contributed by atoms with E-state index in [2.05, 4.69) is 17.0 Å². The van der Waals surface area contributed by atoms with Gasteiger partial charge >= 0.3 is 0 Å². The van der Waals surface area contributed by atoms with E-state index in [-0.39, 0.29) is 5.91 Å². The number of methoxy groups -OCH3 is 1. The normalized spacial score (nSPS) is 19.1. The summed E-state index contributed by atoms with van der Waals surface area (Å²) in [7, 11) is 1.62. The van der Waals surface area contributed by atoms with Gasteiger partial charge in [0.2, 0.25) is 0 Å². The van der Waals surface area contributed by atoms with Crippen LogP contribution in [0.2, 0.25) is 0 Å². The number of ether oxygens (including phenoxy) is 2. The molecule has 2 heterocycles. The molecule has 4 rings (SSSR count). The smallest absolute Gasteiger partial charge is 0.259 e. The van der Waals surface area contributed by atoms with Crippen molar-refractivity contribution in [2.75, 3.05) is 48.1 Å². The van der Waals surface area contributed by atoms with Gasteiger partial charge in [-0.05, 0) is 74.6 Å². The highest BCUT2D eigenvalue weighted by atomic mass is 32.1. The minimum absolute atomic E-state index is 0.0510. The van der Waals surface area contributed by atoms with Gasteiger partial charge in [-0.1, -0.05) is 0 Å². The number of thiocarbonyl (C=S) groups is 1. The number of carbonyl (C=O) groups is 1. The Kier molecular flexibility index (Phi) is 5.19. The van der Waals surface area contributed by atoms with E-state index in [0.29, 0.717) is 5.11 Å². The highest BCUT2D eigenvalue weighted by Gasteiger charge is 2.50. The molecular weight excluding hydrogens is 386 g/mol. The average molecular weight is 412 g/mol. The molecule has 152 valence electrons. The molecule has 0 aromatic heterocycles. The molecule has 0 unspecified atom stereocenters. The first-order valence-corrected chi connectivity index (χ1v) is 10.1. The van der Waals surface area contributed by atoms with Crippen molar-refractivity contribution in [3.63, 3.8) is 0 Å². The molecule has 0 atom stereocenters. The van der Waals surface area contributed by atoms with Gasteiger partial charge in [0, 0.05) is 24.5 Å². The van der Waals surface area contributed by atoms with Gasteiger partial charge in [0.25, 0.3) is 5.91 Å². The molecule has 2 aliphatic heterocycles. The number of rotatable bonds is 4. The van der Waals surface area contributed by atoms with Crippen LogP contribution >= 0.6 is 12.2 Å². The third-order valence-electron chi connectivity index (χ3n) is 5.48. The Bertz CT molecular complexity index is 906. The molecule has 2 aliphatic rings. The fraction of sp³-hybridized carbons (Fsp3) is 0.364. The Morgan fingerprint density at radius 1 is 0.931 bits per heavy atom. The van der Waals surface area contributed by atoms with Crippen molar-refractivity contribution in [3.8, 4) is 5.75 Å². The van der Waals surface area contributed by atoms with E-state index >= 15 is 0 Å². The van der Waals surface area contributed by atoms with Crippen LogP contribution in [0.3, 0.4) is 0 Å². The van der Waals surface area contributed by atoms with E-state index < -0.39 is 5.54 Å². The first-order chi connectivity index (χ1) is 13.9. The molecule has 2 aromatic carbocycles. The summed E-state index contributed by atoms with van der Waals surface area (Å²) in [4.78, 5) is 19.1. The lowest BCUT2D eigenvalue weighted by Crippen LogP contribution is -2.44. The van der Waals surface area contributed by atoms with E-state index in [1.54, 1.807) is 12.0 Å². The van der Waals surface area contributed by atoms with Crippen LogP contribution < -0.4 is 19.4 Å². The molecule has 29 heavy (non-hydrogen) atoms. The number of benzene rings is 2. The molecule has 2 aromatic rings. The molecule has 0 bridgehead atoms. The van der Waals surface area contributed by atoms with Crippen molar-refractivity contribution in [1.82, 2.24) is 0 Å². The predicted molar refractivity (Wildman–Crippen MR) is 119 cm³/mol. The average Bonchev–Trinajstić information content (AvgIpc) is 2.93. The maximum absolute atomic E-state index is 13.2. The van der Waals surface area contributed by atoms with Crippen molar-refractivity contribution in [3.05, 3.63) is 48.5 Å². The SMILES string of the molecule is COc1ccc(N2C(=O)C(C)(C)N(c3ccc(N4CCOCC4)cc3)C2=S)cc1. The second-order valence-corrected chi connectivity index (χ2v) is 8.00. The number of amides is 1. The van der Waals surface area contributed by atoms with Gasteiger partial charge in [0.1, 0.15) is 11.3 Å². The first kappa shape index (κ1) is 19.7. The highest BCUT2D eigenvalue weighted by molar-refractivity contribution is 7.81. The van der Waals surface area contributed by atoms with E-state index in [9.17, 15) is 4.79 Å². The van der Waals surface area contributed by atoms with Crippen LogP contribution in [0.15, 0.2) is 48.5 Å². The molecule has 0 aliphatic carbocycles. The zero-order valence-electron chi connectivity index (χ0n) is 16.9. The fourth-order valence-electron chi connectivity index (χ4n) is 3.82. The maximum atomic E-state index is 13.2. The van der Waals surface area contributed by atoms with Gasteiger partial charge in [0.15, 0.2) is 5.11 Å². The third-order valence-corrected chi connectivity index (χ3v) is 5.85. The molecule has 2 saturated heterocycles. The van der Waals surface area contributed by atoms with Crippen LogP contribution in [0.1, 0.15) is 13.8 Å². The minimum atomic E-state index is -0.780. The van der Waals surface area contributed by atoms with Crippen LogP contribution in [-0.4, -0.2) is 50.0 Å². The quantitative estimate of drug-likeness (QED) is 0.718. The van der Waals surface area contributed by atoms with Gasteiger partial charge in [-0.3, -0.25) is 9.69 Å². The molecule has 0 N–H and O–H groups in total. The molecule has 2 fully saturated rings. The third kappa shape index (κ3) is 3.45. The van der Waals surface area contributed by atoms with Gasteiger partial charge < -0.3 is 19.3 Å². The number of hydrogen-bond acceptors (Lipinski definition) is 5. The lowest BCUT2D eigenvalue weighted by molar-refractivity contribution is -0.120. The summed E-state index contributed by atoms with van der Waals surface area (Å²) in [5.74, 6) is 0.686. The standard InChI is InChI=1S/C22H25N3O3S/c1-22(2)20(26)24(17-8-10-19(27-3)11-9-17)21(29)25(22)18-6-4-16(5-7-18)23-12-14-28-15-13-23/h4-11H,12-15H2,1-3H3.